The molecule has 0 aliphatic rings. The van der Waals surface area contributed by atoms with Crippen molar-refractivity contribution in [3.05, 3.63) is 64.5 Å². The molecule has 0 fully saturated rings. The molecule has 0 saturated carbocycles. The van der Waals surface area contributed by atoms with Crippen molar-refractivity contribution in [2.75, 3.05) is 5.73 Å². The van der Waals surface area contributed by atoms with Crippen LogP contribution >= 0.6 is 0 Å². The third-order valence-corrected chi connectivity index (χ3v) is 3.09. The number of nitrogen functional groups attached to an aromatic ring is 1. The van der Waals surface area contributed by atoms with Gasteiger partial charge in [-0.2, -0.15) is 5.26 Å². The molecule has 0 amide bonds. The van der Waals surface area contributed by atoms with E-state index in [1.165, 1.54) is 18.2 Å². The van der Waals surface area contributed by atoms with Crippen molar-refractivity contribution in [3.8, 4) is 6.07 Å². The lowest BCUT2D eigenvalue weighted by Gasteiger charge is -2.09. The van der Waals surface area contributed by atoms with Gasteiger partial charge in [-0.3, -0.25) is 0 Å². The van der Waals surface area contributed by atoms with Gasteiger partial charge in [-0.1, -0.05) is 12.1 Å². The Hall–Kier alpha value is -2.87. The lowest BCUT2D eigenvalue weighted by atomic mass is 10.1. The molecule has 0 saturated heterocycles. The summed E-state index contributed by atoms with van der Waals surface area (Å²) < 4.78 is 18.3. The number of para-hydroxylation sites is 1. The molecule has 106 valence electrons. The Labute approximate surface area is 121 Å². The van der Waals surface area contributed by atoms with Crippen LogP contribution in [0.15, 0.2) is 36.4 Å². The van der Waals surface area contributed by atoms with Gasteiger partial charge >= 0.3 is 5.97 Å². The van der Waals surface area contributed by atoms with Gasteiger partial charge in [-0.15, -0.1) is 0 Å². The van der Waals surface area contributed by atoms with Gasteiger partial charge in [0.15, 0.2) is 0 Å². The standard InChI is InChI=1S/C16H13FN2O2/c1-10-3-2-4-14(15(10)19)16(20)21-9-12-7-13(17)6-5-11(12)8-18/h2-7H,9,19H2,1H3. The van der Waals surface area contributed by atoms with Gasteiger partial charge in [0, 0.05) is 11.3 Å². The highest BCUT2D eigenvalue weighted by Gasteiger charge is 2.13. The van der Waals surface area contributed by atoms with Crippen molar-refractivity contribution in [1.82, 2.24) is 0 Å². The summed E-state index contributed by atoms with van der Waals surface area (Å²) in [4.78, 5) is 12.0. The van der Waals surface area contributed by atoms with Crippen molar-refractivity contribution in [2.24, 2.45) is 0 Å². The number of rotatable bonds is 3. The fraction of sp³-hybridized carbons (Fsp3) is 0.125. The molecule has 2 rings (SSSR count). The van der Waals surface area contributed by atoms with Crippen LogP contribution in [0, 0.1) is 24.1 Å². The molecule has 0 unspecified atom stereocenters. The zero-order valence-corrected chi connectivity index (χ0v) is 11.4. The molecule has 2 aromatic rings. The smallest absolute Gasteiger partial charge is 0.340 e. The maximum absolute atomic E-state index is 13.2. The van der Waals surface area contributed by atoms with Gasteiger partial charge in [0.1, 0.15) is 12.4 Å². The molecule has 0 spiro atoms. The van der Waals surface area contributed by atoms with Crippen LogP contribution < -0.4 is 5.73 Å². The number of carbonyl (C=O) groups is 1. The minimum Gasteiger partial charge on any atom is -0.457 e. The lowest BCUT2D eigenvalue weighted by molar-refractivity contribution is 0.0473. The minimum atomic E-state index is -0.607. The first-order valence-electron chi connectivity index (χ1n) is 6.23. The van der Waals surface area contributed by atoms with Gasteiger partial charge in [0.05, 0.1) is 17.2 Å². The molecule has 0 bridgehead atoms. The Morgan fingerprint density at radius 2 is 2.14 bits per heavy atom. The number of carbonyl (C=O) groups excluding carboxylic acids is 1. The number of nitrogens with zero attached hydrogens (tertiary/aromatic N) is 1. The topological polar surface area (TPSA) is 76.1 Å². The number of hydrogen-bond acceptors (Lipinski definition) is 4. The highest BCUT2D eigenvalue weighted by molar-refractivity contribution is 5.95. The fourth-order valence-corrected chi connectivity index (χ4v) is 1.87. The number of nitriles is 1. The molecule has 21 heavy (non-hydrogen) atoms. The van der Waals surface area contributed by atoms with Gasteiger partial charge in [-0.25, -0.2) is 9.18 Å². The predicted molar refractivity (Wildman–Crippen MR) is 75.8 cm³/mol. The van der Waals surface area contributed by atoms with Crippen molar-refractivity contribution < 1.29 is 13.9 Å². The zero-order chi connectivity index (χ0) is 15.4. The van der Waals surface area contributed by atoms with Gasteiger partial charge < -0.3 is 10.5 Å². The summed E-state index contributed by atoms with van der Waals surface area (Å²) in [6.45, 7) is 1.60. The Balaban J connectivity index is 2.17. The van der Waals surface area contributed by atoms with E-state index in [4.69, 9.17) is 15.7 Å². The predicted octanol–water partition coefficient (Wildman–Crippen LogP) is 2.95. The normalized spacial score (nSPS) is 9.95. The number of hydrogen-bond donors (Lipinski definition) is 1. The van der Waals surface area contributed by atoms with Gasteiger partial charge in [-0.05, 0) is 36.8 Å². The van der Waals surface area contributed by atoms with Crippen LogP contribution in [0.4, 0.5) is 10.1 Å². The summed E-state index contributed by atoms with van der Waals surface area (Å²) in [5.74, 6) is -1.10. The molecule has 0 atom stereocenters. The number of aryl methyl sites for hydroxylation is 1. The number of nitrogens with two attached hydrogens (primary N) is 1. The highest BCUT2D eigenvalue weighted by Crippen LogP contribution is 2.19. The van der Waals surface area contributed by atoms with E-state index in [9.17, 15) is 9.18 Å². The van der Waals surface area contributed by atoms with E-state index in [-0.39, 0.29) is 17.7 Å². The highest BCUT2D eigenvalue weighted by atomic mass is 19.1. The molecule has 2 aromatic carbocycles. The monoisotopic (exact) mass is 284 g/mol. The first-order chi connectivity index (χ1) is 10.0. The summed E-state index contributed by atoms with van der Waals surface area (Å²) in [5, 5.41) is 8.94. The van der Waals surface area contributed by atoms with Gasteiger partial charge in [0.2, 0.25) is 0 Å². The first-order valence-corrected chi connectivity index (χ1v) is 6.23. The summed E-state index contributed by atoms with van der Waals surface area (Å²) in [7, 11) is 0. The molecule has 2 N–H and O–H groups in total. The molecule has 0 aromatic heterocycles. The van der Waals surface area contributed by atoms with Crippen LogP contribution in [-0.2, 0) is 11.3 Å². The Morgan fingerprint density at radius 1 is 1.38 bits per heavy atom. The maximum Gasteiger partial charge on any atom is 0.340 e. The number of esters is 1. The summed E-state index contributed by atoms with van der Waals surface area (Å²) in [6.07, 6.45) is 0. The Bertz CT molecular complexity index is 736. The van der Waals surface area contributed by atoms with Crippen LogP contribution in [0.2, 0.25) is 0 Å². The van der Waals surface area contributed by atoms with Crippen LogP contribution in [0.3, 0.4) is 0 Å². The molecule has 0 aliphatic carbocycles. The quantitative estimate of drug-likeness (QED) is 0.694. The summed E-state index contributed by atoms with van der Waals surface area (Å²) in [6, 6.07) is 10.7. The van der Waals surface area contributed by atoms with Crippen molar-refractivity contribution in [3.63, 3.8) is 0 Å². The van der Waals surface area contributed by atoms with E-state index in [0.29, 0.717) is 11.3 Å². The summed E-state index contributed by atoms with van der Waals surface area (Å²) >= 11 is 0. The van der Waals surface area contributed by atoms with Crippen molar-refractivity contribution in [1.29, 1.82) is 5.26 Å². The minimum absolute atomic E-state index is 0.188. The molecular weight excluding hydrogens is 271 g/mol. The van der Waals surface area contributed by atoms with E-state index in [1.807, 2.05) is 6.07 Å². The lowest BCUT2D eigenvalue weighted by Crippen LogP contribution is -2.09. The molecule has 0 heterocycles. The van der Waals surface area contributed by atoms with Crippen molar-refractivity contribution >= 4 is 11.7 Å². The third-order valence-electron chi connectivity index (χ3n) is 3.09. The second kappa shape index (κ2) is 6.06. The van der Waals surface area contributed by atoms with Crippen LogP contribution in [0.1, 0.15) is 27.0 Å². The first kappa shape index (κ1) is 14.5. The molecule has 5 heteroatoms. The summed E-state index contributed by atoms with van der Waals surface area (Å²) in [5.41, 5.74) is 7.78. The number of anilines is 1. The number of benzene rings is 2. The van der Waals surface area contributed by atoms with E-state index < -0.39 is 11.8 Å². The Kier molecular flexibility index (Phi) is 4.19. The van der Waals surface area contributed by atoms with Crippen LogP contribution in [0.5, 0.6) is 0 Å². The number of ether oxygens (including phenoxy) is 1. The molecular formula is C16H13FN2O2. The van der Waals surface area contributed by atoms with E-state index in [2.05, 4.69) is 0 Å². The molecule has 0 radical (unpaired) electrons. The van der Waals surface area contributed by atoms with E-state index >= 15 is 0 Å². The second-order valence-corrected chi connectivity index (χ2v) is 4.53. The van der Waals surface area contributed by atoms with Gasteiger partial charge in [0.25, 0.3) is 0 Å². The fourth-order valence-electron chi connectivity index (χ4n) is 1.87. The Morgan fingerprint density at radius 3 is 2.86 bits per heavy atom. The zero-order valence-electron chi connectivity index (χ0n) is 11.4. The van der Waals surface area contributed by atoms with Crippen molar-refractivity contribution in [2.45, 2.75) is 13.5 Å². The van der Waals surface area contributed by atoms with Crippen LogP contribution in [-0.4, -0.2) is 5.97 Å². The van der Waals surface area contributed by atoms with E-state index in [1.54, 1.807) is 25.1 Å². The third kappa shape index (κ3) is 3.18. The average Bonchev–Trinajstić information content (AvgIpc) is 2.47. The molecule has 0 aliphatic heterocycles. The molecule has 4 nitrogen and oxygen atoms in total. The van der Waals surface area contributed by atoms with E-state index in [0.717, 1.165) is 5.56 Å². The second-order valence-electron chi connectivity index (χ2n) is 4.53. The number of halogens is 1. The van der Waals surface area contributed by atoms with Crippen LogP contribution in [0.25, 0.3) is 0 Å². The average molecular weight is 284 g/mol. The largest absolute Gasteiger partial charge is 0.457 e. The SMILES string of the molecule is Cc1cccc(C(=O)OCc2cc(F)ccc2C#N)c1N. The maximum atomic E-state index is 13.2.